The number of hydrogen-bond acceptors (Lipinski definition) is 5. The van der Waals surface area contributed by atoms with Crippen LogP contribution in [0.5, 0.6) is 0 Å². The van der Waals surface area contributed by atoms with Crippen LogP contribution in [0.15, 0.2) is 121 Å². The molecule has 1 unspecified atom stereocenters. The molecule has 7 nitrogen and oxygen atoms in total. The number of rotatable bonds is 7. The van der Waals surface area contributed by atoms with Gasteiger partial charge in [-0.3, -0.25) is 14.6 Å². The summed E-state index contributed by atoms with van der Waals surface area (Å²) in [5, 5.41) is 6.42. The summed E-state index contributed by atoms with van der Waals surface area (Å²) in [6, 6.07) is 32.2. The molecule has 0 bridgehead atoms. The molecule has 0 saturated heterocycles. The molecule has 0 fully saturated rings. The van der Waals surface area contributed by atoms with Crippen LogP contribution in [0.3, 0.4) is 0 Å². The molecule has 42 heavy (non-hydrogen) atoms. The van der Waals surface area contributed by atoms with Crippen molar-refractivity contribution < 1.29 is 9.59 Å². The summed E-state index contributed by atoms with van der Waals surface area (Å²) in [4.78, 5) is 39.0. The highest BCUT2D eigenvalue weighted by Crippen LogP contribution is 2.29. The quantitative estimate of drug-likeness (QED) is 0.237. The van der Waals surface area contributed by atoms with Crippen LogP contribution in [0, 0.1) is 0 Å². The van der Waals surface area contributed by atoms with Gasteiger partial charge in [-0.2, -0.15) is 0 Å². The van der Waals surface area contributed by atoms with Gasteiger partial charge in [0.25, 0.3) is 0 Å². The van der Waals surface area contributed by atoms with Gasteiger partial charge >= 0.3 is 0 Å². The highest BCUT2D eigenvalue weighted by molar-refractivity contribution is 6.31. The average Bonchev–Trinajstić information content (AvgIpc) is 3.14. The van der Waals surface area contributed by atoms with Gasteiger partial charge in [0.15, 0.2) is 0 Å². The summed E-state index contributed by atoms with van der Waals surface area (Å²) in [6.45, 7) is 0. The molecule has 8 heteroatoms. The van der Waals surface area contributed by atoms with E-state index in [-0.39, 0.29) is 18.2 Å². The summed E-state index contributed by atoms with van der Waals surface area (Å²) in [5.74, 6) is 0.0363. The van der Waals surface area contributed by atoms with Crippen LogP contribution in [-0.4, -0.2) is 33.5 Å². The summed E-state index contributed by atoms with van der Waals surface area (Å²) in [7, 11) is 0. The average molecular weight is 572 g/mol. The highest BCUT2D eigenvalue weighted by Gasteiger charge is 2.26. The number of nitrogens with zero attached hydrogens (tertiary/aromatic N) is 3. The number of benzodiazepines with no additional fused rings is 1. The van der Waals surface area contributed by atoms with Crippen molar-refractivity contribution in [3.8, 4) is 11.1 Å². The fraction of sp³-hybridized carbons (Fsp3) is 0.0882. The molecule has 0 aliphatic carbocycles. The molecule has 5 aromatic rings. The van der Waals surface area contributed by atoms with Gasteiger partial charge in [-0.25, -0.2) is 9.97 Å². The van der Waals surface area contributed by atoms with Gasteiger partial charge in [0.1, 0.15) is 11.9 Å². The summed E-state index contributed by atoms with van der Waals surface area (Å²) in [5.41, 5.74) is 6.74. The molecule has 1 atom stereocenters. The molecule has 1 aliphatic heterocycles. The zero-order valence-electron chi connectivity index (χ0n) is 22.5. The number of carbonyl (C=O) groups is 2. The van der Waals surface area contributed by atoms with Crippen LogP contribution in [-0.2, 0) is 22.4 Å². The van der Waals surface area contributed by atoms with Crippen molar-refractivity contribution in [3.63, 3.8) is 0 Å². The van der Waals surface area contributed by atoms with E-state index < -0.39 is 6.04 Å². The van der Waals surface area contributed by atoms with E-state index in [2.05, 4.69) is 44.9 Å². The first-order chi connectivity index (χ1) is 20.5. The van der Waals surface area contributed by atoms with E-state index in [4.69, 9.17) is 16.6 Å². The van der Waals surface area contributed by atoms with Gasteiger partial charge in [-0.15, -0.1) is 0 Å². The number of aliphatic imine (C=N–C) groups is 1. The van der Waals surface area contributed by atoms with Crippen molar-refractivity contribution in [2.75, 3.05) is 10.6 Å². The van der Waals surface area contributed by atoms with Crippen molar-refractivity contribution in [1.82, 2.24) is 9.97 Å². The number of hydrogen-bond donors (Lipinski definition) is 2. The van der Waals surface area contributed by atoms with Crippen LogP contribution in [0.4, 0.5) is 11.4 Å². The Morgan fingerprint density at radius 1 is 0.810 bits per heavy atom. The largest absolute Gasteiger partial charge is 0.326 e. The van der Waals surface area contributed by atoms with E-state index in [0.717, 1.165) is 27.8 Å². The third-order valence-corrected chi connectivity index (χ3v) is 7.19. The summed E-state index contributed by atoms with van der Waals surface area (Å²) < 4.78 is 0. The standard InChI is InChI=1S/C34H26ClN5O2/c35-26-13-16-28-29(20-26)40-34(42)30(19-22-7-9-24(10-8-22)23-5-2-1-3-6-23)39-33(28)25-11-14-27(15-12-25)38-32(41)21-31-36-17-4-18-37-31/h1-18,20,30H,19,21H2,(H,38,41)(H,40,42). The minimum atomic E-state index is -0.654. The highest BCUT2D eigenvalue weighted by atomic mass is 35.5. The van der Waals surface area contributed by atoms with Gasteiger partial charge < -0.3 is 10.6 Å². The molecular weight excluding hydrogens is 546 g/mol. The van der Waals surface area contributed by atoms with E-state index in [9.17, 15) is 9.59 Å². The SMILES string of the molecule is O=C(Cc1ncccn1)Nc1ccc(C2=NC(Cc3ccc(-c4ccccc4)cc3)C(=O)Nc3cc(Cl)ccc32)cc1. The van der Waals surface area contributed by atoms with Crippen molar-refractivity contribution >= 4 is 40.5 Å². The number of halogens is 1. The number of aromatic nitrogens is 2. The molecule has 0 saturated carbocycles. The lowest BCUT2D eigenvalue weighted by Gasteiger charge is -2.12. The Labute approximate surface area is 248 Å². The lowest BCUT2D eigenvalue weighted by Crippen LogP contribution is -2.27. The van der Waals surface area contributed by atoms with Crippen molar-refractivity contribution in [3.05, 3.63) is 143 Å². The molecule has 2 N–H and O–H groups in total. The van der Waals surface area contributed by atoms with Gasteiger partial charge in [0.2, 0.25) is 11.8 Å². The third-order valence-electron chi connectivity index (χ3n) is 6.95. The molecule has 1 aliphatic rings. The molecule has 2 amide bonds. The molecule has 206 valence electrons. The third kappa shape index (κ3) is 6.27. The lowest BCUT2D eigenvalue weighted by molar-refractivity contribution is -0.117. The monoisotopic (exact) mass is 571 g/mol. The fourth-order valence-electron chi connectivity index (χ4n) is 4.86. The van der Waals surface area contributed by atoms with Crippen molar-refractivity contribution in [2.45, 2.75) is 18.9 Å². The Kier molecular flexibility index (Phi) is 7.83. The topological polar surface area (TPSA) is 96.3 Å². The molecule has 4 aromatic carbocycles. The maximum absolute atomic E-state index is 13.4. The fourth-order valence-corrected chi connectivity index (χ4v) is 5.04. The molecular formula is C34H26ClN5O2. The first-order valence-electron chi connectivity index (χ1n) is 13.5. The zero-order valence-corrected chi connectivity index (χ0v) is 23.3. The van der Waals surface area contributed by atoms with E-state index >= 15 is 0 Å². The number of nitrogens with one attached hydrogen (secondary N) is 2. The summed E-state index contributed by atoms with van der Waals surface area (Å²) in [6.07, 6.45) is 3.72. The first kappa shape index (κ1) is 27.1. The van der Waals surface area contributed by atoms with E-state index in [1.807, 2.05) is 60.7 Å². The number of carbonyl (C=O) groups excluding carboxylic acids is 2. The van der Waals surface area contributed by atoms with E-state index in [0.29, 0.717) is 34.4 Å². The Hall–Kier alpha value is -5.14. The van der Waals surface area contributed by atoms with Crippen LogP contribution >= 0.6 is 11.6 Å². The molecule has 0 radical (unpaired) electrons. The number of fused-ring (bicyclic) bond motifs is 1. The lowest BCUT2D eigenvalue weighted by atomic mass is 9.99. The van der Waals surface area contributed by atoms with Crippen molar-refractivity contribution in [1.29, 1.82) is 0 Å². The Balaban J connectivity index is 1.26. The maximum Gasteiger partial charge on any atom is 0.249 e. The predicted molar refractivity (Wildman–Crippen MR) is 166 cm³/mol. The van der Waals surface area contributed by atoms with Crippen LogP contribution in [0.2, 0.25) is 5.02 Å². The zero-order chi connectivity index (χ0) is 28.9. The molecule has 0 spiro atoms. The van der Waals surface area contributed by atoms with Gasteiger partial charge in [-0.1, -0.05) is 78.3 Å². The Bertz CT molecular complexity index is 1760. The minimum absolute atomic E-state index is 0.0746. The second-order valence-electron chi connectivity index (χ2n) is 9.91. The van der Waals surface area contributed by atoms with Crippen LogP contribution < -0.4 is 10.6 Å². The molecule has 2 heterocycles. The Morgan fingerprint density at radius 3 is 2.24 bits per heavy atom. The van der Waals surface area contributed by atoms with Crippen LogP contribution in [0.1, 0.15) is 22.5 Å². The number of anilines is 2. The van der Waals surface area contributed by atoms with Gasteiger partial charge in [0.05, 0.1) is 17.8 Å². The normalized spacial score (nSPS) is 14.3. The maximum atomic E-state index is 13.4. The second kappa shape index (κ2) is 12.2. The smallest absolute Gasteiger partial charge is 0.249 e. The van der Waals surface area contributed by atoms with Gasteiger partial charge in [0, 0.05) is 40.7 Å². The number of benzene rings is 4. The molecule has 1 aromatic heterocycles. The van der Waals surface area contributed by atoms with E-state index in [1.165, 1.54) is 0 Å². The second-order valence-corrected chi connectivity index (χ2v) is 10.3. The predicted octanol–water partition coefficient (Wildman–Crippen LogP) is 6.38. The number of amides is 2. The Morgan fingerprint density at radius 2 is 1.50 bits per heavy atom. The minimum Gasteiger partial charge on any atom is -0.326 e. The van der Waals surface area contributed by atoms with Crippen molar-refractivity contribution in [2.24, 2.45) is 4.99 Å². The first-order valence-corrected chi connectivity index (χ1v) is 13.9. The van der Waals surface area contributed by atoms with Crippen LogP contribution in [0.25, 0.3) is 11.1 Å². The molecule has 6 rings (SSSR count). The summed E-state index contributed by atoms with van der Waals surface area (Å²) >= 11 is 6.29. The van der Waals surface area contributed by atoms with Gasteiger partial charge in [-0.05, 0) is 53.1 Å². The van der Waals surface area contributed by atoms with E-state index in [1.54, 1.807) is 30.6 Å².